The first-order chi connectivity index (χ1) is 14.8. The molecular formula is C25H23ClN2OS. The van der Waals surface area contributed by atoms with E-state index < -0.39 is 0 Å². The summed E-state index contributed by atoms with van der Waals surface area (Å²) in [6.45, 7) is 1.64. The molecule has 3 nitrogen and oxygen atoms in total. The van der Waals surface area contributed by atoms with E-state index in [0.29, 0.717) is 0 Å². The number of fused-ring (bicyclic) bond motifs is 1. The van der Waals surface area contributed by atoms with E-state index in [1.165, 1.54) is 10.5 Å². The van der Waals surface area contributed by atoms with Gasteiger partial charge in [0.05, 0.1) is 28.9 Å². The maximum atomic E-state index is 6.37. The van der Waals surface area contributed by atoms with Crippen LogP contribution < -0.4 is 0 Å². The Morgan fingerprint density at radius 1 is 1.03 bits per heavy atom. The molecule has 0 bridgehead atoms. The van der Waals surface area contributed by atoms with Gasteiger partial charge in [-0.1, -0.05) is 60.1 Å². The number of halogens is 1. The van der Waals surface area contributed by atoms with Crippen LogP contribution in [0.2, 0.25) is 5.02 Å². The monoisotopic (exact) mass is 434 g/mol. The second-order valence-electron chi connectivity index (χ2n) is 7.57. The minimum absolute atomic E-state index is 0.0705. The molecule has 1 fully saturated rings. The molecule has 152 valence electrons. The molecule has 4 aromatic rings. The Hall–Kier alpha value is -2.27. The van der Waals surface area contributed by atoms with Crippen LogP contribution in [0, 0.1) is 0 Å². The van der Waals surface area contributed by atoms with E-state index in [1.807, 2.05) is 30.0 Å². The van der Waals surface area contributed by atoms with Gasteiger partial charge in [0, 0.05) is 16.5 Å². The van der Waals surface area contributed by atoms with Crippen LogP contribution in [0.1, 0.15) is 29.5 Å². The lowest BCUT2D eigenvalue weighted by molar-refractivity contribution is 0.0973. The Morgan fingerprint density at radius 3 is 2.53 bits per heavy atom. The van der Waals surface area contributed by atoms with Crippen LogP contribution in [0.4, 0.5) is 0 Å². The number of benzene rings is 3. The summed E-state index contributed by atoms with van der Waals surface area (Å²) in [5.41, 5.74) is 3.28. The molecule has 0 spiro atoms. The van der Waals surface area contributed by atoms with Crippen molar-refractivity contribution in [3.05, 3.63) is 95.3 Å². The summed E-state index contributed by atoms with van der Waals surface area (Å²) in [5, 5.41) is 0.802. The SMILES string of the molecule is Clc1ccc2nc(C(Sc3ccccc3)c3ccccc3)n(CC3CCCO3)c2c1. The molecule has 5 heteroatoms. The molecule has 0 amide bonds. The molecular weight excluding hydrogens is 412 g/mol. The molecule has 2 heterocycles. The average Bonchev–Trinajstić information content (AvgIpc) is 3.42. The number of hydrogen-bond donors (Lipinski definition) is 0. The van der Waals surface area contributed by atoms with Crippen LogP contribution in [0.3, 0.4) is 0 Å². The highest BCUT2D eigenvalue weighted by molar-refractivity contribution is 7.99. The van der Waals surface area contributed by atoms with Gasteiger partial charge in [-0.25, -0.2) is 4.98 Å². The number of aromatic nitrogens is 2. The summed E-state index contributed by atoms with van der Waals surface area (Å²) in [6.07, 6.45) is 2.42. The highest BCUT2D eigenvalue weighted by atomic mass is 35.5. The van der Waals surface area contributed by atoms with Gasteiger partial charge in [-0.15, -0.1) is 11.8 Å². The van der Waals surface area contributed by atoms with Gasteiger partial charge < -0.3 is 9.30 Å². The van der Waals surface area contributed by atoms with Crippen LogP contribution in [0.25, 0.3) is 11.0 Å². The summed E-state index contributed by atoms with van der Waals surface area (Å²) in [7, 11) is 0. The maximum Gasteiger partial charge on any atom is 0.128 e. The molecule has 0 N–H and O–H groups in total. The Balaban J connectivity index is 1.64. The lowest BCUT2D eigenvalue weighted by Gasteiger charge is -2.21. The summed E-state index contributed by atoms with van der Waals surface area (Å²) in [4.78, 5) is 6.32. The maximum absolute atomic E-state index is 6.37. The van der Waals surface area contributed by atoms with Crippen molar-refractivity contribution in [3.8, 4) is 0 Å². The van der Waals surface area contributed by atoms with Gasteiger partial charge >= 0.3 is 0 Å². The van der Waals surface area contributed by atoms with E-state index in [-0.39, 0.29) is 11.4 Å². The van der Waals surface area contributed by atoms with Crippen LogP contribution in [-0.2, 0) is 11.3 Å². The Labute approximate surface area is 186 Å². The lowest BCUT2D eigenvalue weighted by atomic mass is 10.1. The first-order valence-corrected chi connectivity index (χ1v) is 11.6. The van der Waals surface area contributed by atoms with Gasteiger partial charge in [0.25, 0.3) is 0 Å². The molecule has 0 radical (unpaired) electrons. The number of ether oxygens (including phenoxy) is 1. The van der Waals surface area contributed by atoms with E-state index in [4.69, 9.17) is 21.3 Å². The fourth-order valence-corrected chi connectivity index (χ4v) is 5.36. The standard InChI is InChI=1S/C25H23ClN2OS/c26-19-13-14-22-23(16-19)28(17-20-10-7-15-29-20)25(27-22)24(18-8-3-1-4-9-18)30-21-11-5-2-6-12-21/h1-6,8-9,11-14,16,20,24H,7,10,15,17H2. The highest BCUT2D eigenvalue weighted by Gasteiger charge is 2.26. The molecule has 1 aliphatic heterocycles. The van der Waals surface area contributed by atoms with Gasteiger partial charge in [-0.3, -0.25) is 0 Å². The zero-order chi connectivity index (χ0) is 20.3. The van der Waals surface area contributed by atoms with Crippen molar-refractivity contribution in [2.45, 2.75) is 35.6 Å². The number of rotatable bonds is 6. The van der Waals surface area contributed by atoms with Crippen molar-refractivity contribution in [2.75, 3.05) is 6.61 Å². The molecule has 1 saturated heterocycles. The van der Waals surface area contributed by atoms with Crippen molar-refractivity contribution in [1.29, 1.82) is 0 Å². The largest absolute Gasteiger partial charge is 0.376 e. The topological polar surface area (TPSA) is 27.1 Å². The van der Waals surface area contributed by atoms with Crippen molar-refractivity contribution in [3.63, 3.8) is 0 Å². The molecule has 3 aromatic carbocycles. The third kappa shape index (κ3) is 4.13. The molecule has 5 rings (SSSR count). The zero-order valence-corrected chi connectivity index (χ0v) is 18.1. The van der Waals surface area contributed by atoms with Gasteiger partial charge in [-0.05, 0) is 48.7 Å². The molecule has 1 aliphatic rings. The van der Waals surface area contributed by atoms with Crippen LogP contribution in [0.5, 0.6) is 0 Å². The number of hydrogen-bond acceptors (Lipinski definition) is 3. The molecule has 0 aliphatic carbocycles. The zero-order valence-electron chi connectivity index (χ0n) is 16.6. The lowest BCUT2D eigenvalue weighted by Crippen LogP contribution is -2.18. The quantitative estimate of drug-likeness (QED) is 0.314. The van der Waals surface area contributed by atoms with Crippen molar-refractivity contribution in [1.82, 2.24) is 9.55 Å². The van der Waals surface area contributed by atoms with E-state index in [0.717, 1.165) is 47.9 Å². The summed E-state index contributed by atoms with van der Waals surface area (Å²) in [5.74, 6) is 1.04. The first kappa shape index (κ1) is 19.7. The molecule has 2 atom stereocenters. The Morgan fingerprint density at radius 2 is 1.80 bits per heavy atom. The smallest absolute Gasteiger partial charge is 0.128 e. The van der Waals surface area contributed by atoms with Crippen LogP contribution in [0.15, 0.2) is 83.8 Å². The fraction of sp³-hybridized carbons (Fsp3) is 0.240. The highest BCUT2D eigenvalue weighted by Crippen LogP contribution is 2.41. The Bertz CT molecular complexity index is 1120. The van der Waals surface area contributed by atoms with Gasteiger partial charge in [-0.2, -0.15) is 0 Å². The Kier molecular flexibility index (Phi) is 5.80. The van der Waals surface area contributed by atoms with Gasteiger partial charge in [0.2, 0.25) is 0 Å². The summed E-state index contributed by atoms with van der Waals surface area (Å²) < 4.78 is 8.30. The third-order valence-electron chi connectivity index (χ3n) is 5.48. The fourth-order valence-electron chi connectivity index (χ4n) is 4.03. The van der Waals surface area contributed by atoms with Crippen LogP contribution in [-0.4, -0.2) is 22.3 Å². The predicted octanol–water partition coefficient (Wildman–Crippen LogP) is 6.75. The molecule has 1 aromatic heterocycles. The molecule has 30 heavy (non-hydrogen) atoms. The predicted molar refractivity (Wildman–Crippen MR) is 124 cm³/mol. The minimum atomic E-state index is 0.0705. The number of imidazole rings is 1. The van der Waals surface area contributed by atoms with E-state index in [1.54, 1.807) is 0 Å². The summed E-state index contributed by atoms with van der Waals surface area (Å²) >= 11 is 8.19. The van der Waals surface area contributed by atoms with Crippen molar-refractivity contribution < 1.29 is 4.74 Å². The van der Waals surface area contributed by atoms with Crippen molar-refractivity contribution in [2.24, 2.45) is 0 Å². The van der Waals surface area contributed by atoms with Crippen molar-refractivity contribution >= 4 is 34.4 Å². The first-order valence-electron chi connectivity index (χ1n) is 10.3. The average molecular weight is 435 g/mol. The van der Waals surface area contributed by atoms with Crippen LogP contribution >= 0.6 is 23.4 Å². The van der Waals surface area contributed by atoms with E-state index in [9.17, 15) is 0 Å². The number of nitrogens with zero attached hydrogens (tertiary/aromatic N) is 2. The van der Waals surface area contributed by atoms with Gasteiger partial charge in [0.1, 0.15) is 5.82 Å². The third-order valence-corrected chi connectivity index (χ3v) is 6.98. The van der Waals surface area contributed by atoms with Gasteiger partial charge in [0.15, 0.2) is 0 Å². The molecule has 2 unspecified atom stereocenters. The summed E-state index contributed by atoms with van der Waals surface area (Å²) in [6, 6.07) is 27.1. The second kappa shape index (κ2) is 8.84. The molecule has 0 saturated carbocycles. The normalized spacial score (nSPS) is 17.4. The minimum Gasteiger partial charge on any atom is -0.376 e. The number of thioether (sulfide) groups is 1. The van der Waals surface area contributed by atoms with E-state index >= 15 is 0 Å². The van der Waals surface area contributed by atoms with E-state index in [2.05, 4.69) is 65.2 Å². The second-order valence-corrected chi connectivity index (χ2v) is 9.19.